The van der Waals surface area contributed by atoms with Crippen molar-refractivity contribution >= 4 is 17.5 Å². The number of carbonyl (C=O) groups excluding carboxylic acids is 1. The van der Waals surface area contributed by atoms with Crippen LogP contribution in [-0.4, -0.2) is 12.5 Å². The minimum atomic E-state index is 0.0828. The van der Waals surface area contributed by atoms with Gasteiger partial charge < -0.3 is 9.73 Å². The van der Waals surface area contributed by atoms with Crippen LogP contribution in [-0.2, 0) is 17.6 Å². The highest BCUT2D eigenvalue weighted by atomic mass is 35.5. The van der Waals surface area contributed by atoms with Crippen LogP contribution in [0.4, 0.5) is 0 Å². The average Bonchev–Trinajstić information content (AvgIpc) is 2.96. The number of hydrogen-bond acceptors (Lipinski definition) is 2. The summed E-state index contributed by atoms with van der Waals surface area (Å²) in [7, 11) is 0. The van der Waals surface area contributed by atoms with Gasteiger partial charge in [-0.25, -0.2) is 0 Å². The Balaban J connectivity index is 1.59. The first-order chi connectivity index (χ1) is 9.74. The molecule has 0 atom stereocenters. The Labute approximate surface area is 123 Å². The SMILES string of the molecule is O=C(CCc1ccc(Cl)cc1)NCCCc1ccco1. The monoisotopic (exact) mass is 291 g/mol. The van der Waals surface area contributed by atoms with E-state index in [0.717, 1.165) is 35.6 Å². The molecule has 0 bridgehead atoms. The molecule has 0 fully saturated rings. The van der Waals surface area contributed by atoms with Gasteiger partial charge in [0.2, 0.25) is 5.91 Å². The maximum atomic E-state index is 11.7. The van der Waals surface area contributed by atoms with Crippen molar-refractivity contribution in [3.8, 4) is 0 Å². The lowest BCUT2D eigenvalue weighted by Gasteiger charge is -2.05. The molecule has 3 nitrogen and oxygen atoms in total. The molecule has 4 heteroatoms. The number of benzene rings is 1. The van der Waals surface area contributed by atoms with Gasteiger partial charge in [-0.15, -0.1) is 0 Å². The first-order valence-electron chi connectivity index (χ1n) is 6.77. The predicted molar refractivity (Wildman–Crippen MR) is 79.8 cm³/mol. The summed E-state index contributed by atoms with van der Waals surface area (Å²) in [4.78, 5) is 11.7. The number of nitrogens with one attached hydrogen (secondary N) is 1. The van der Waals surface area contributed by atoms with Gasteiger partial charge in [-0.2, -0.15) is 0 Å². The predicted octanol–water partition coefficient (Wildman–Crippen LogP) is 3.61. The van der Waals surface area contributed by atoms with Crippen LogP contribution in [0.15, 0.2) is 47.1 Å². The zero-order chi connectivity index (χ0) is 14.2. The summed E-state index contributed by atoms with van der Waals surface area (Å²) >= 11 is 5.81. The largest absolute Gasteiger partial charge is 0.469 e. The molecule has 1 amide bonds. The number of furan rings is 1. The smallest absolute Gasteiger partial charge is 0.220 e. The molecule has 1 aromatic carbocycles. The third-order valence-electron chi connectivity index (χ3n) is 3.06. The van der Waals surface area contributed by atoms with Crippen molar-refractivity contribution in [2.75, 3.05) is 6.54 Å². The highest BCUT2D eigenvalue weighted by Crippen LogP contribution is 2.10. The van der Waals surface area contributed by atoms with Gasteiger partial charge in [0.25, 0.3) is 0 Å². The normalized spacial score (nSPS) is 10.4. The van der Waals surface area contributed by atoms with Gasteiger partial charge >= 0.3 is 0 Å². The van der Waals surface area contributed by atoms with Crippen molar-refractivity contribution in [3.63, 3.8) is 0 Å². The summed E-state index contributed by atoms with van der Waals surface area (Å²) < 4.78 is 5.23. The third kappa shape index (κ3) is 5.10. The van der Waals surface area contributed by atoms with E-state index >= 15 is 0 Å². The van der Waals surface area contributed by atoms with Crippen LogP contribution in [0.3, 0.4) is 0 Å². The van der Waals surface area contributed by atoms with E-state index in [4.69, 9.17) is 16.0 Å². The summed E-state index contributed by atoms with van der Waals surface area (Å²) in [5.41, 5.74) is 1.13. The van der Waals surface area contributed by atoms with E-state index in [-0.39, 0.29) is 5.91 Å². The van der Waals surface area contributed by atoms with Crippen molar-refractivity contribution in [2.24, 2.45) is 0 Å². The molecule has 0 spiro atoms. The molecule has 0 saturated heterocycles. The zero-order valence-electron chi connectivity index (χ0n) is 11.3. The number of rotatable bonds is 7. The molecule has 20 heavy (non-hydrogen) atoms. The topological polar surface area (TPSA) is 42.2 Å². The van der Waals surface area contributed by atoms with E-state index in [0.29, 0.717) is 13.0 Å². The quantitative estimate of drug-likeness (QED) is 0.792. The molecule has 2 aromatic rings. The number of aryl methyl sites for hydroxylation is 2. The third-order valence-corrected chi connectivity index (χ3v) is 3.31. The summed E-state index contributed by atoms with van der Waals surface area (Å²) in [5.74, 6) is 1.04. The molecule has 0 aliphatic carbocycles. The van der Waals surface area contributed by atoms with Gasteiger partial charge in [-0.1, -0.05) is 23.7 Å². The Morgan fingerprint density at radius 3 is 2.65 bits per heavy atom. The fourth-order valence-corrected chi connectivity index (χ4v) is 2.07. The first-order valence-corrected chi connectivity index (χ1v) is 7.15. The van der Waals surface area contributed by atoms with E-state index in [1.165, 1.54) is 0 Å². The van der Waals surface area contributed by atoms with Gasteiger partial charge in [0, 0.05) is 24.4 Å². The van der Waals surface area contributed by atoms with Gasteiger partial charge in [0.1, 0.15) is 5.76 Å². The van der Waals surface area contributed by atoms with Crippen molar-refractivity contribution < 1.29 is 9.21 Å². The molecule has 0 radical (unpaired) electrons. The van der Waals surface area contributed by atoms with Crippen molar-refractivity contribution in [1.82, 2.24) is 5.32 Å². The van der Waals surface area contributed by atoms with Crippen LogP contribution >= 0.6 is 11.6 Å². The van der Waals surface area contributed by atoms with E-state index in [1.807, 2.05) is 36.4 Å². The lowest BCUT2D eigenvalue weighted by molar-refractivity contribution is -0.121. The molecule has 0 saturated carbocycles. The number of halogens is 1. The standard InChI is InChI=1S/C16H18ClNO2/c17-14-8-5-13(6-9-14)7-10-16(19)18-11-1-3-15-4-2-12-20-15/h2,4-6,8-9,12H,1,3,7,10-11H2,(H,18,19). The molecule has 0 aliphatic heterocycles. The van der Waals surface area contributed by atoms with Gasteiger partial charge in [-0.3, -0.25) is 4.79 Å². The van der Waals surface area contributed by atoms with Crippen LogP contribution in [0.5, 0.6) is 0 Å². The Hall–Kier alpha value is -1.74. The first kappa shape index (κ1) is 14.7. The lowest BCUT2D eigenvalue weighted by Crippen LogP contribution is -2.24. The van der Waals surface area contributed by atoms with Gasteiger partial charge in [0.05, 0.1) is 6.26 Å². The second-order valence-electron chi connectivity index (χ2n) is 4.66. The molecular formula is C16H18ClNO2. The molecule has 1 N–H and O–H groups in total. The van der Waals surface area contributed by atoms with Crippen LogP contribution < -0.4 is 5.32 Å². The van der Waals surface area contributed by atoms with Crippen LogP contribution in [0.25, 0.3) is 0 Å². The lowest BCUT2D eigenvalue weighted by atomic mass is 10.1. The summed E-state index contributed by atoms with van der Waals surface area (Å²) in [6, 6.07) is 11.4. The van der Waals surface area contributed by atoms with Crippen molar-refractivity contribution in [1.29, 1.82) is 0 Å². The van der Waals surface area contributed by atoms with E-state index in [2.05, 4.69) is 5.32 Å². The molecular weight excluding hydrogens is 274 g/mol. The molecule has 1 aromatic heterocycles. The zero-order valence-corrected chi connectivity index (χ0v) is 12.0. The summed E-state index contributed by atoms with van der Waals surface area (Å²) in [5, 5.41) is 3.64. The average molecular weight is 292 g/mol. The molecule has 106 valence electrons. The summed E-state index contributed by atoms with van der Waals surface area (Å²) in [6.45, 7) is 0.681. The highest BCUT2D eigenvalue weighted by Gasteiger charge is 2.02. The van der Waals surface area contributed by atoms with E-state index in [1.54, 1.807) is 6.26 Å². The second-order valence-corrected chi connectivity index (χ2v) is 5.10. The van der Waals surface area contributed by atoms with Crippen LogP contribution in [0, 0.1) is 0 Å². The van der Waals surface area contributed by atoms with Crippen molar-refractivity contribution in [2.45, 2.75) is 25.7 Å². The molecule has 0 unspecified atom stereocenters. The molecule has 2 rings (SSSR count). The summed E-state index contributed by atoms with van der Waals surface area (Å²) in [6.07, 6.45) is 4.65. The maximum Gasteiger partial charge on any atom is 0.220 e. The fraction of sp³-hybridized carbons (Fsp3) is 0.312. The van der Waals surface area contributed by atoms with Crippen molar-refractivity contribution in [3.05, 3.63) is 59.0 Å². The Kier molecular flexibility index (Phi) is 5.69. The number of carbonyl (C=O) groups is 1. The van der Waals surface area contributed by atoms with E-state index in [9.17, 15) is 4.79 Å². The maximum absolute atomic E-state index is 11.7. The Morgan fingerprint density at radius 2 is 1.95 bits per heavy atom. The van der Waals surface area contributed by atoms with Gasteiger partial charge in [0.15, 0.2) is 0 Å². The number of hydrogen-bond donors (Lipinski definition) is 1. The van der Waals surface area contributed by atoms with Crippen LogP contribution in [0.1, 0.15) is 24.2 Å². The molecule has 1 heterocycles. The Bertz CT molecular complexity index is 520. The van der Waals surface area contributed by atoms with Gasteiger partial charge in [-0.05, 0) is 42.7 Å². The second kappa shape index (κ2) is 7.75. The minimum Gasteiger partial charge on any atom is -0.469 e. The molecule has 0 aliphatic rings. The number of amides is 1. The fourth-order valence-electron chi connectivity index (χ4n) is 1.94. The minimum absolute atomic E-state index is 0.0828. The van der Waals surface area contributed by atoms with Crippen LogP contribution in [0.2, 0.25) is 5.02 Å². The Morgan fingerprint density at radius 1 is 1.15 bits per heavy atom. The highest BCUT2D eigenvalue weighted by molar-refractivity contribution is 6.30. The van der Waals surface area contributed by atoms with E-state index < -0.39 is 0 Å².